The van der Waals surface area contributed by atoms with Crippen LogP contribution in [0.25, 0.3) is 0 Å². The summed E-state index contributed by atoms with van der Waals surface area (Å²) in [6.45, 7) is 1.91. The number of rotatable bonds is 3. The third-order valence-electron chi connectivity index (χ3n) is 1.14. The SMILES string of the molecule is CN(C)CCCN.c1nc[nH]n1. The molecule has 1 aromatic rings. The van der Waals surface area contributed by atoms with Gasteiger partial charge in [-0.05, 0) is 33.6 Å². The zero-order valence-electron chi connectivity index (χ0n) is 7.70. The number of nitrogens with two attached hydrogens (primary N) is 1. The van der Waals surface area contributed by atoms with E-state index in [1.165, 1.54) is 12.7 Å². The van der Waals surface area contributed by atoms with E-state index in [-0.39, 0.29) is 0 Å². The Hall–Kier alpha value is -0.940. The van der Waals surface area contributed by atoms with E-state index in [1.54, 1.807) is 0 Å². The molecule has 0 spiro atoms. The van der Waals surface area contributed by atoms with Gasteiger partial charge in [-0.25, -0.2) is 4.98 Å². The van der Waals surface area contributed by atoms with E-state index in [9.17, 15) is 0 Å². The highest BCUT2D eigenvalue weighted by molar-refractivity contribution is 4.43. The summed E-state index contributed by atoms with van der Waals surface area (Å²) in [5.74, 6) is 0. The molecule has 1 rings (SSSR count). The summed E-state index contributed by atoms with van der Waals surface area (Å²) in [5.41, 5.74) is 5.25. The molecule has 0 atom stereocenters. The van der Waals surface area contributed by atoms with Gasteiger partial charge < -0.3 is 10.6 Å². The minimum atomic E-state index is 0.804. The van der Waals surface area contributed by atoms with E-state index < -0.39 is 0 Å². The third kappa shape index (κ3) is 9.06. The first-order valence-electron chi connectivity index (χ1n) is 3.91. The van der Waals surface area contributed by atoms with Gasteiger partial charge in [0, 0.05) is 0 Å². The normalized spacial score (nSPS) is 9.33. The number of nitrogens with one attached hydrogen (secondary N) is 1. The standard InChI is InChI=1S/C5H14N2.C2H3N3/c1-7(2)5-3-4-6;1-3-2-5-4-1/h3-6H2,1-2H3;1-2H,(H,3,4,5). The molecule has 5 nitrogen and oxygen atoms in total. The molecule has 0 aliphatic rings. The first kappa shape index (κ1) is 11.1. The van der Waals surface area contributed by atoms with Gasteiger partial charge in [0.15, 0.2) is 0 Å². The number of aromatic amines is 1. The second-order valence-corrected chi connectivity index (χ2v) is 2.60. The van der Waals surface area contributed by atoms with Crippen molar-refractivity contribution in [1.82, 2.24) is 20.1 Å². The molecule has 1 aromatic heterocycles. The van der Waals surface area contributed by atoms with E-state index in [0.29, 0.717) is 0 Å². The molecule has 0 amide bonds. The van der Waals surface area contributed by atoms with Gasteiger partial charge in [0.2, 0.25) is 0 Å². The summed E-state index contributed by atoms with van der Waals surface area (Å²) in [5, 5.41) is 5.99. The van der Waals surface area contributed by atoms with Crippen LogP contribution in [-0.2, 0) is 0 Å². The lowest BCUT2D eigenvalue weighted by molar-refractivity contribution is 0.403. The highest BCUT2D eigenvalue weighted by Crippen LogP contribution is 1.76. The Kier molecular flexibility index (Phi) is 7.52. The predicted molar refractivity (Wildman–Crippen MR) is 48.6 cm³/mol. The molecule has 0 saturated heterocycles. The summed E-state index contributed by atoms with van der Waals surface area (Å²) in [4.78, 5) is 5.69. The minimum Gasteiger partial charge on any atom is -0.330 e. The quantitative estimate of drug-likeness (QED) is 0.655. The average molecular weight is 171 g/mol. The molecule has 0 unspecified atom stereocenters. The van der Waals surface area contributed by atoms with Crippen LogP contribution in [0.1, 0.15) is 6.42 Å². The van der Waals surface area contributed by atoms with Crippen LogP contribution in [0.2, 0.25) is 0 Å². The molecule has 0 radical (unpaired) electrons. The summed E-state index contributed by atoms with van der Waals surface area (Å²) in [7, 11) is 4.10. The summed E-state index contributed by atoms with van der Waals surface area (Å²) in [6, 6.07) is 0. The van der Waals surface area contributed by atoms with Gasteiger partial charge in [0.25, 0.3) is 0 Å². The highest BCUT2D eigenvalue weighted by Gasteiger charge is 1.83. The van der Waals surface area contributed by atoms with Crippen molar-refractivity contribution in [3.05, 3.63) is 12.7 Å². The van der Waals surface area contributed by atoms with Gasteiger partial charge in [0.1, 0.15) is 12.7 Å². The number of H-pyrrole nitrogens is 1. The Balaban J connectivity index is 0.000000211. The molecule has 0 saturated carbocycles. The second kappa shape index (κ2) is 8.16. The number of aromatic nitrogens is 3. The Morgan fingerprint density at radius 2 is 2.25 bits per heavy atom. The van der Waals surface area contributed by atoms with E-state index in [2.05, 4.69) is 34.2 Å². The summed E-state index contributed by atoms with van der Waals surface area (Å²) in [6.07, 6.45) is 4.06. The zero-order chi connectivity index (χ0) is 9.23. The molecule has 0 bridgehead atoms. The van der Waals surface area contributed by atoms with Crippen LogP contribution in [0.3, 0.4) is 0 Å². The van der Waals surface area contributed by atoms with Crippen molar-refractivity contribution in [2.24, 2.45) is 5.73 Å². The van der Waals surface area contributed by atoms with E-state index in [0.717, 1.165) is 19.5 Å². The van der Waals surface area contributed by atoms with E-state index in [4.69, 9.17) is 5.73 Å². The fourth-order valence-electron chi connectivity index (χ4n) is 0.574. The maximum atomic E-state index is 5.25. The van der Waals surface area contributed by atoms with Crippen LogP contribution in [-0.4, -0.2) is 47.3 Å². The van der Waals surface area contributed by atoms with E-state index >= 15 is 0 Å². The molecule has 12 heavy (non-hydrogen) atoms. The van der Waals surface area contributed by atoms with Crippen molar-refractivity contribution in [3.63, 3.8) is 0 Å². The Labute approximate surface area is 73.0 Å². The fourth-order valence-corrected chi connectivity index (χ4v) is 0.574. The first-order valence-corrected chi connectivity index (χ1v) is 3.91. The van der Waals surface area contributed by atoms with Crippen molar-refractivity contribution in [2.75, 3.05) is 27.2 Å². The molecule has 0 fully saturated rings. The molecule has 0 aliphatic carbocycles. The van der Waals surface area contributed by atoms with Crippen LogP contribution >= 0.6 is 0 Å². The molecule has 5 heteroatoms. The second-order valence-electron chi connectivity index (χ2n) is 2.60. The smallest absolute Gasteiger partial charge is 0.137 e. The lowest BCUT2D eigenvalue weighted by Gasteiger charge is -2.05. The molecule has 70 valence electrons. The summed E-state index contributed by atoms with van der Waals surface area (Å²) < 4.78 is 0. The van der Waals surface area contributed by atoms with Gasteiger partial charge in [-0.3, -0.25) is 5.10 Å². The third-order valence-corrected chi connectivity index (χ3v) is 1.14. The van der Waals surface area contributed by atoms with Crippen LogP contribution in [0, 0.1) is 0 Å². The number of hydrogen-bond donors (Lipinski definition) is 2. The van der Waals surface area contributed by atoms with E-state index in [1.807, 2.05) is 0 Å². The maximum absolute atomic E-state index is 5.25. The van der Waals surface area contributed by atoms with Gasteiger partial charge in [-0.15, -0.1) is 0 Å². The molecule has 0 aliphatic heterocycles. The van der Waals surface area contributed by atoms with Crippen molar-refractivity contribution >= 4 is 0 Å². The van der Waals surface area contributed by atoms with Gasteiger partial charge in [0.05, 0.1) is 0 Å². The predicted octanol–water partition coefficient (Wildman–Crippen LogP) is -0.298. The summed E-state index contributed by atoms with van der Waals surface area (Å²) >= 11 is 0. The largest absolute Gasteiger partial charge is 0.330 e. The van der Waals surface area contributed by atoms with Crippen molar-refractivity contribution in [3.8, 4) is 0 Å². The highest BCUT2D eigenvalue weighted by atomic mass is 15.2. The maximum Gasteiger partial charge on any atom is 0.137 e. The van der Waals surface area contributed by atoms with Crippen LogP contribution in [0.5, 0.6) is 0 Å². The van der Waals surface area contributed by atoms with Gasteiger partial charge >= 0.3 is 0 Å². The topological polar surface area (TPSA) is 70.8 Å². The van der Waals surface area contributed by atoms with Crippen LogP contribution < -0.4 is 5.73 Å². The van der Waals surface area contributed by atoms with Crippen LogP contribution in [0.15, 0.2) is 12.7 Å². The van der Waals surface area contributed by atoms with Crippen molar-refractivity contribution in [2.45, 2.75) is 6.42 Å². The monoisotopic (exact) mass is 171 g/mol. The minimum absolute atomic E-state index is 0.804. The zero-order valence-corrected chi connectivity index (χ0v) is 7.70. The fraction of sp³-hybridized carbons (Fsp3) is 0.714. The van der Waals surface area contributed by atoms with Crippen molar-refractivity contribution in [1.29, 1.82) is 0 Å². The number of nitrogens with zero attached hydrogens (tertiary/aromatic N) is 3. The van der Waals surface area contributed by atoms with Gasteiger partial charge in [-0.1, -0.05) is 0 Å². The molecule has 0 aromatic carbocycles. The first-order chi connectivity index (χ1) is 5.77. The molecule has 1 heterocycles. The lowest BCUT2D eigenvalue weighted by atomic mass is 10.4. The lowest BCUT2D eigenvalue weighted by Crippen LogP contribution is -2.16. The Morgan fingerprint density at radius 3 is 2.42 bits per heavy atom. The Morgan fingerprint density at radius 1 is 1.50 bits per heavy atom. The molecule has 3 N–H and O–H groups in total. The van der Waals surface area contributed by atoms with Gasteiger partial charge in [-0.2, -0.15) is 5.10 Å². The average Bonchev–Trinajstić information content (AvgIpc) is 2.57. The molecular formula is C7H17N5. The number of hydrogen-bond acceptors (Lipinski definition) is 4. The van der Waals surface area contributed by atoms with Crippen LogP contribution in [0.4, 0.5) is 0 Å². The Bertz CT molecular complexity index is 132. The van der Waals surface area contributed by atoms with Crippen molar-refractivity contribution < 1.29 is 0 Å². The molecular weight excluding hydrogens is 154 g/mol.